The van der Waals surface area contributed by atoms with Crippen molar-refractivity contribution >= 4 is 5.69 Å². The summed E-state index contributed by atoms with van der Waals surface area (Å²) in [4.78, 5) is 1.79. The summed E-state index contributed by atoms with van der Waals surface area (Å²) in [5.41, 5.74) is 6.54. The number of nitrogens with two attached hydrogens (primary N) is 1. The van der Waals surface area contributed by atoms with Gasteiger partial charge in [0.05, 0.1) is 17.4 Å². The maximum atomic E-state index is 13.1. The maximum Gasteiger partial charge on any atom is 0.418 e. The maximum absolute atomic E-state index is 13.1. The summed E-state index contributed by atoms with van der Waals surface area (Å²) in [5.74, 6) is 0. The van der Waals surface area contributed by atoms with Crippen molar-refractivity contribution in [3.8, 4) is 0 Å². The van der Waals surface area contributed by atoms with E-state index in [1.807, 2.05) is 0 Å². The lowest BCUT2D eigenvalue weighted by molar-refractivity contribution is -0.137. The minimum atomic E-state index is -4.31. The molecule has 18 heavy (non-hydrogen) atoms. The Balaban J connectivity index is 2.16. The van der Waals surface area contributed by atoms with Gasteiger partial charge in [-0.2, -0.15) is 13.2 Å². The molecule has 1 aromatic carbocycles. The Hall–Kier alpha value is -1.23. The monoisotopic (exact) mass is 256 g/mol. The summed E-state index contributed by atoms with van der Waals surface area (Å²) in [5, 5.41) is 0. The van der Waals surface area contributed by atoms with Gasteiger partial charge in [0.15, 0.2) is 0 Å². The van der Waals surface area contributed by atoms with Crippen molar-refractivity contribution in [2.75, 3.05) is 4.90 Å². The first-order chi connectivity index (χ1) is 8.48. The van der Waals surface area contributed by atoms with E-state index in [4.69, 9.17) is 5.73 Å². The zero-order chi connectivity index (χ0) is 12.9. The number of fused-ring (bicyclic) bond motifs is 3. The lowest BCUT2D eigenvalue weighted by atomic mass is 9.93. The van der Waals surface area contributed by atoms with Crippen molar-refractivity contribution in [2.45, 2.75) is 44.1 Å². The average molecular weight is 256 g/mol. The molecule has 0 saturated carbocycles. The highest BCUT2D eigenvalue weighted by Gasteiger charge is 2.42. The molecule has 2 aliphatic heterocycles. The van der Waals surface area contributed by atoms with Crippen LogP contribution < -0.4 is 10.6 Å². The molecule has 0 amide bonds. The standard InChI is InChI=1S/C13H15F3N2/c14-13(15,16)10-3-1-2-8-4-5-9-6-7-11(17)18(9)12(8)10/h1-3,9,11H,4-7,17H2. The highest BCUT2D eigenvalue weighted by atomic mass is 19.4. The lowest BCUT2D eigenvalue weighted by Crippen LogP contribution is -2.45. The van der Waals surface area contributed by atoms with Gasteiger partial charge < -0.3 is 10.6 Å². The Kier molecular flexibility index (Phi) is 2.55. The highest BCUT2D eigenvalue weighted by Crippen LogP contribution is 2.45. The van der Waals surface area contributed by atoms with Crippen molar-refractivity contribution in [3.05, 3.63) is 29.3 Å². The fourth-order valence-corrected chi connectivity index (χ4v) is 3.19. The number of aryl methyl sites for hydroxylation is 1. The number of anilines is 1. The van der Waals surface area contributed by atoms with Gasteiger partial charge in [0.25, 0.3) is 0 Å². The predicted octanol–water partition coefficient (Wildman–Crippen LogP) is 2.91. The van der Waals surface area contributed by atoms with Crippen LogP contribution in [0.4, 0.5) is 18.9 Å². The number of rotatable bonds is 0. The van der Waals surface area contributed by atoms with Crippen LogP contribution >= 0.6 is 0 Å². The molecule has 2 unspecified atom stereocenters. The van der Waals surface area contributed by atoms with Crippen LogP contribution in [0.3, 0.4) is 0 Å². The van der Waals surface area contributed by atoms with Crippen LogP contribution in [0.15, 0.2) is 18.2 Å². The first-order valence-electron chi connectivity index (χ1n) is 6.21. The fourth-order valence-electron chi connectivity index (χ4n) is 3.19. The molecule has 5 heteroatoms. The van der Waals surface area contributed by atoms with Crippen LogP contribution in [-0.2, 0) is 12.6 Å². The molecule has 0 bridgehead atoms. The fraction of sp³-hybridized carbons (Fsp3) is 0.538. The molecule has 98 valence electrons. The second-order valence-corrected chi connectivity index (χ2v) is 5.06. The number of halogens is 3. The molecule has 0 aromatic heterocycles. The van der Waals surface area contributed by atoms with E-state index in [1.165, 1.54) is 6.07 Å². The molecule has 2 N–H and O–H groups in total. The molecule has 1 aromatic rings. The van der Waals surface area contributed by atoms with Crippen molar-refractivity contribution in [2.24, 2.45) is 5.73 Å². The smallest absolute Gasteiger partial charge is 0.353 e. The summed E-state index contributed by atoms with van der Waals surface area (Å²) in [6.07, 6.45) is -1.30. The Morgan fingerprint density at radius 1 is 1.17 bits per heavy atom. The first kappa shape index (κ1) is 11.8. The summed E-state index contributed by atoms with van der Waals surface area (Å²) in [6.45, 7) is 0. The van der Waals surface area contributed by atoms with E-state index in [9.17, 15) is 13.2 Å². The molecular formula is C13H15F3N2. The number of hydrogen-bond acceptors (Lipinski definition) is 2. The Morgan fingerprint density at radius 2 is 1.94 bits per heavy atom. The van der Waals surface area contributed by atoms with Gasteiger partial charge >= 0.3 is 6.18 Å². The van der Waals surface area contributed by atoms with Crippen LogP contribution in [0.2, 0.25) is 0 Å². The van der Waals surface area contributed by atoms with Crippen LogP contribution in [0.25, 0.3) is 0 Å². The molecule has 0 radical (unpaired) electrons. The van der Waals surface area contributed by atoms with Gasteiger partial charge in [-0.25, -0.2) is 0 Å². The van der Waals surface area contributed by atoms with Gasteiger partial charge in [0.2, 0.25) is 0 Å². The molecule has 1 saturated heterocycles. The molecule has 1 fully saturated rings. The van der Waals surface area contributed by atoms with Crippen molar-refractivity contribution in [3.63, 3.8) is 0 Å². The molecule has 2 heterocycles. The van der Waals surface area contributed by atoms with E-state index < -0.39 is 11.7 Å². The van der Waals surface area contributed by atoms with E-state index in [-0.39, 0.29) is 12.2 Å². The zero-order valence-electron chi connectivity index (χ0n) is 9.87. The molecule has 0 spiro atoms. The third-order valence-corrected chi connectivity index (χ3v) is 3.98. The zero-order valence-corrected chi connectivity index (χ0v) is 9.87. The molecule has 2 atom stereocenters. The second kappa shape index (κ2) is 3.88. The van der Waals surface area contributed by atoms with Crippen LogP contribution in [0.5, 0.6) is 0 Å². The largest absolute Gasteiger partial charge is 0.418 e. The number of para-hydroxylation sites is 1. The molecule has 2 nitrogen and oxygen atoms in total. The second-order valence-electron chi connectivity index (χ2n) is 5.06. The van der Waals surface area contributed by atoms with Gasteiger partial charge in [-0.1, -0.05) is 12.1 Å². The van der Waals surface area contributed by atoms with Crippen molar-refractivity contribution < 1.29 is 13.2 Å². The predicted molar refractivity (Wildman–Crippen MR) is 63.2 cm³/mol. The van der Waals surface area contributed by atoms with E-state index in [0.29, 0.717) is 12.1 Å². The van der Waals surface area contributed by atoms with Crippen molar-refractivity contribution in [1.82, 2.24) is 0 Å². The Bertz CT molecular complexity index is 470. The topological polar surface area (TPSA) is 29.3 Å². The quantitative estimate of drug-likeness (QED) is 0.773. The van der Waals surface area contributed by atoms with E-state index >= 15 is 0 Å². The SMILES string of the molecule is NC1CCC2CCc3cccc(C(F)(F)F)c3N12. The number of alkyl halides is 3. The first-order valence-corrected chi connectivity index (χ1v) is 6.21. The third kappa shape index (κ3) is 1.68. The van der Waals surface area contributed by atoms with Crippen LogP contribution in [-0.4, -0.2) is 12.2 Å². The van der Waals surface area contributed by atoms with Crippen LogP contribution in [0, 0.1) is 0 Å². The van der Waals surface area contributed by atoms with E-state index in [0.717, 1.165) is 30.9 Å². The van der Waals surface area contributed by atoms with Gasteiger partial charge in [-0.15, -0.1) is 0 Å². The average Bonchev–Trinajstić information content (AvgIpc) is 2.69. The molecule has 3 rings (SSSR count). The Labute approximate surface area is 104 Å². The minimum absolute atomic E-state index is 0.177. The van der Waals surface area contributed by atoms with Gasteiger partial charge in [-0.3, -0.25) is 0 Å². The highest BCUT2D eigenvalue weighted by molar-refractivity contribution is 5.64. The van der Waals surface area contributed by atoms with E-state index in [2.05, 4.69) is 0 Å². The summed E-state index contributed by atoms with van der Waals surface area (Å²) < 4.78 is 39.3. The van der Waals surface area contributed by atoms with Gasteiger partial charge in [0.1, 0.15) is 0 Å². The molecular weight excluding hydrogens is 241 g/mol. The van der Waals surface area contributed by atoms with E-state index in [1.54, 1.807) is 11.0 Å². The molecule has 0 aliphatic carbocycles. The summed E-state index contributed by atoms with van der Waals surface area (Å²) in [6, 6.07) is 4.61. The number of hydrogen-bond donors (Lipinski definition) is 1. The van der Waals surface area contributed by atoms with Gasteiger partial charge in [-0.05, 0) is 37.3 Å². The lowest BCUT2D eigenvalue weighted by Gasteiger charge is -2.38. The normalized spacial score (nSPS) is 27.0. The number of nitrogens with zero attached hydrogens (tertiary/aromatic N) is 1. The number of benzene rings is 1. The summed E-state index contributed by atoms with van der Waals surface area (Å²) >= 11 is 0. The van der Waals surface area contributed by atoms with Crippen LogP contribution in [0.1, 0.15) is 30.4 Å². The minimum Gasteiger partial charge on any atom is -0.353 e. The van der Waals surface area contributed by atoms with Gasteiger partial charge in [0, 0.05) is 6.04 Å². The Morgan fingerprint density at radius 3 is 2.67 bits per heavy atom. The summed E-state index contributed by atoms with van der Waals surface area (Å²) in [7, 11) is 0. The molecule has 2 aliphatic rings. The van der Waals surface area contributed by atoms with Crippen molar-refractivity contribution in [1.29, 1.82) is 0 Å². The third-order valence-electron chi connectivity index (χ3n) is 3.98.